The molecule has 20 heavy (non-hydrogen) atoms. The Labute approximate surface area is 119 Å². The molecule has 0 nitrogen and oxygen atoms in total. The Morgan fingerprint density at radius 3 is 2.30 bits per heavy atom. The van der Waals surface area contributed by atoms with Gasteiger partial charge in [-0.2, -0.15) is 0 Å². The molecule has 0 aromatic heterocycles. The number of aryl methyl sites for hydroxylation is 1. The zero-order valence-electron chi connectivity index (χ0n) is 11.6. The lowest BCUT2D eigenvalue weighted by atomic mass is 9.93. The van der Waals surface area contributed by atoms with E-state index in [9.17, 15) is 0 Å². The molecular formula is C20H16. The van der Waals surface area contributed by atoms with Crippen molar-refractivity contribution in [2.75, 3.05) is 0 Å². The second kappa shape index (κ2) is 4.35. The molecule has 0 N–H and O–H groups in total. The van der Waals surface area contributed by atoms with Crippen molar-refractivity contribution >= 4 is 0 Å². The summed E-state index contributed by atoms with van der Waals surface area (Å²) in [5.41, 5.74) is 9.87. The van der Waals surface area contributed by atoms with Crippen molar-refractivity contribution < 1.29 is 0 Å². The third kappa shape index (κ3) is 1.61. The van der Waals surface area contributed by atoms with Crippen molar-refractivity contribution in [2.24, 2.45) is 0 Å². The largest absolute Gasteiger partial charge is 0.0622 e. The minimum Gasteiger partial charge on any atom is -0.0622 e. The summed E-state index contributed by atoms with van der Waals surface area (Å²) in [5.74, 6) is 0. The van der Waals surface area contributed by atoms with Crippen LogP contribution >= 0.6 is 0 Å². The van der Waals surface area contributed by atoms with Crippen molar-refractivity contribution in [1.29, 1.82) is 0 Å². The normalized spacial score (nSPS) is 12.1. The summed E-state index contributed by atoms with van der Waals surface area (Å²) in [7, 11) is 0. The van der Waals surface area contributed by atoms with Crippen molar-refractivity contribution in [2.45, 2.75) is 13.3 Å². The molecule has 1 aliphatic rings. The van der Waals surface area contributed by atoms with Crippen LogP contribution in [0.1, 0.15) is 16.7 Å². The van der Waals surface area contributed by atoms with Gasteiger partial charge < -0.3 is 0 Å². The number of fused-ring (bicyclic) bond motifs is 3. The highest BCUT2D eigenvalue weighted by Crippen LogP contribution is 2.43. The molecular weight excluding hydrogens is 240 g/mol. The molecule has 96 valence electrons. The molecule has 0 spiro atoms. The van der Waals surface area contributed by atoms with Crippen LogP contribution in [0.15, 0.2) is 66.7 Å². The fourth-order valence-corrected chi connectivity index (χ4v) is 3.32. The molecule has 0 amide bonds. The molecule has 1 aliphatic carbocycles. The summed E-state index contributed by atoms with van der Waals surface area (Å²) in [6.45, 7) is 2.22. The van der Waals surface area contributed by atoms with E-state index in [0.717, 1.165) is 6.42 Å². The highest BCUT2D eigenvalue weighted by atomic mass is 14.3. The second-order valence-electron chi connectivity index (χ2n) is 5.48. The predicted molar refractivity (Wildman–Crippen MR) is 84.9 cm³/mol. The summed E-state index contributed by atoms with van der Waals surface area (Å²) in [6.07, 6.45) is 1.05. The summed E-state index contributed by atoms with van der Waals surface area (Å²) >= 11 is 0. The lowest BCUT2D eigenvalue weighted by molar-refractivity contribution is 1.26. The zero-order chi connectivity index (χ0) is 13.5. The van der Waals surface area contributed by atoms with Crippen LogP contribution in [-0.2, 0) is 6.42 Å². The summed E-state index contributed by atoms with van der Waals surface area (Å²) in [4.78, 5) is 0. The Bertz CT molecular complexity index is 782. The molecule has 3 aromatic carbocycles. The Morgan fingerprint density at radius 1 is 0.700 bits per heavy atom. The van der Waals surface area contributed by atoms with E-state index in [1.807, 2.05) is 0 Å². The molecule has 0 saturated heterocycles. The van der Waals surface area contributed by atoms with Crippen LogP contribution in [0.2, 0.25) is 0 Å². The minimum absolute atomic E-state index is 1.05. The third-order valence-corrected chi connectivity index (χ3v) is 4.26. The highest BCUT2D eigenvalue weighted by Gasteiger charge is 2.22. The molecule has 0 radical (unpaired) electrons. The minimum atomic E-state index is 1.05. The van der Waals surface area contributed by atoms with Crippen LogP contribution in [0, 0.1) is 6.92 Å². The Kier molecular flexibility index (Phi) is 2.50. The van der Waals surface area contributed by atoms with Crippen LogP contribution in [-0.4, -0.2) is 0 Å². The van der Waals surface area contributed by atoms with Gasteiger partial charge in [0.15, 0.2) is 0 Å². The monoisotopic (exact) mass is 256 g/mol. The van der Waals surface area contributed by atoms with E-state index >= 15 is 0 Å². The Hall–Kier alpha value is -2.34. The van der Waals surface area contributed by atoms with Crippen molar-refractivity contribution in [3.63, 3.8) is 0 Å². The van der Waals surface area contributed by atoms with Gasteiger partial charge in [-0.05, 0) is 52.3 Å². The summed E-state index contributed by atoms with van der Waals surface area (Å²) in [6, 6.07) is 24.0. The van der Waals surface area contributed by atoms with Crippen molar-refractivity contribution in [1.82, 2.24) is 0 Å². The van der Waals surface area contributed by atoms with Crippen molar-refractivity contribution in [3.05, 3.63) is 83.4 Å². The molecule has 0 aliphatic heterocycles. The SMILES string of the molecule is Cc1ccc(-c2ccccc2)c2c1-c1ccccc1C2. The van der Waals surface area contributed by atoms with Gasteiger partial charge in [0.25, 0.3) is 0 Å². The average molecular weight is 256 g/mol. The van der Waals surface area contributed by atoms with Crippen LogP contribution in [0.4, 0.5) is 0 Å². The summed E-state index contributed by atoms with van der Waals surface area (Å²) in [5, 5.41) is 0. The first-order valence-electron chi connectivity index (χ1n) is 7.11. The average Bonchev–Trinajstić information content (AvgIpc) is 2.88. The standard InChI is InChI=1S/C20H16/c1-14-11-12-17(15-7-3-2-4-8-15)19-13-16-9-5-6-10-18(16)20(14)19/h2-12H,13H2,1H3. The van der Waals surface area contributed by atoms with Gasteiger partial charge in [0.1, 0.15) is 0 Å². The topological polar surface area (TPSA) is 0 Å². The number of rotatable bonds is 1. The van der Waals surface area contributed by atoms with Gasteiger partial charge in [0.05, 0.1) is 0 Å². The van der Waals surface area contributed by atoms with Gasteiger partial charge in [-0.15, -0.1) is 0 Å². The number of hydrogen-bond donors (Lipinski definition) is 0. The lowest BCUT2D eigenvalue weighted by Crippen LogP contribution is -1.90. The molecule has 0 saturated carbocycles. The second-order valence-corrected chi connectivity index (χ2v) is 5.48. The Morgan fingerprint density at radius 2 is 1.45 bits per heavy atom. The van der Waals surface area contributed by atoms with Crippen LogP contribution in [0.3, 0.4) is 0 Å². The van der Waals surface area contributed by atoms with E-state index in [1.54, 1.807) is 0 Å². The first-order chi connectivity index (χ1) is 9.84. The van der Waals surface area contributed by atoms with E-state index in [1.165, 1.54) is 38.9 Å². The number of benzene rings is 3. The molecule has 4 rings (SSSR count). The first-order valence-corrected chi connectivity index (χ1v) is 7.11. The molecule has 0 fully saturated rings. The van der Waals surface area contributed by atoms with Gasteiger partial charge in [-0.25, -0.2) is 0 Å². The zero-order valence-corrected chi connectivity index (χ0v) is 11.6. The summed E-state index contributed by atoms with van der Waals surface area (Å²) < 4.78 is 0. The van der Waals surface area contributed by atoms with E-state index < -0.39 is 0 Å². The molecule has 3 aromatic rings. The van der Waals surface area contributed by atoms with Gasteiger partial charge in [0, 0.05) is 0 Å². The van der Waals surface area contributed by atoms with Gasteiger partial charge in [0.2, 0.25) is 0 Å². The lowest BCUT2D eigenvalue weighted by Gasteiger charge is -2.11. The van der Waals surface area contributed by atoms with E-state index in [-0.39, 0.29) is 0 Å². The first kappa shape index (κ1) is 11.5. The maximum Gasteiger partial charge on any atom is -0.000718 e. The Balaban J connectivity index is 2.00. The van der Waals surface area contributed by atoms with Gasteiger partial charge >= 0.3 is 0 Å². The number of hydrogen-bond acceptors (Lipinski definition) is 0. The highest BCUT2D eigenvalue weighted by molar-refractivity contribution is 5.86. The fourth-order valence-electron chi connectivity index (χ4n) is 3.32. The van der Waals surface area contributed by atoms with E-state index in [2.05, 4.69) is 73.7 Å². The van der Waals surface area contributed by atoms with Crippen molar-refractivity contribution in [3.8, 4) is 22.3 Å². The van der Waals surface area contributed by atoms with Crippen LogP contribution in [0.25, 0.3) is 22.3 Å². The van der Waals surface area contributed by atoms with Gasteiger partial charge in [-0.3, -0.25) is 0 Å². The molecule has 0 heterocycles. The third-order valence-electron chi connectivity index (χ3n) is 4.26. The van der Waals surface area contributed by atoms with Crippen LogP contribution in [0.5, 0.6) is 0 Å². The predicted octanol–water partition coefficient (Wildman–Crippen LogP) is 5.23. The maximum absolute atomic E-state index is 2.27. The quantitative estimate of drug-likeness (QED) is 0.437. The van der Waals surface area contributed by atoms with E-state index in [4.69, 9.17) is 0 Å². The molecule has 0 atom stereocenters. The maximum atomic E-state index is 2.27. The van der Waals surface area contributed by atoms with Gasteiger partial charge in [-0.1, -0.05) is 66.7 Å². The fraction of sp³-hybridized carbons (Fsp3) is 0.100. The smallest absolute Gasteiger partial charge is 0.000718 e. The molecule has 0 heteroatoms. The van der Waals surface area contributed by atoms with Crippen LogP contribution < -0.4 is 0 Å². The molecule has 0 bridgehead atoms. The molecule has 0 unspecified atom stereocenters. The van der Waals surface area contributed by atoms with E-state index in [0.29, 0.717) is 0 Å².